The van der Waals surface area contributed by atoms with Gasteiger partial charge in [-0.05, 0) is 43.4 Å². The molecule has 2 atom stereocenters. The maximum Gasteiger partial charge on any atom is 0.0713 e. The summed E-state index contributed by atoms with van der Waals surface area (Å²) >= 11 is 0. The Bertz CT molecular complexity index is 413. The molecule has 1 aromatic carbocycles. The Kier molecular flexibility index (Phi) is 3.87. The van der Waals surface area contributed by atoms with E-state index in [2.05, 4.69) is 29.2 Å². The summed E-state index contributed by atoms with van der Waals surface area (Å²) in [6, 6.07) is 10.3. The lowest BCUT2D eigenvalue weighted by molar-refractivity contribution is 0.119. The van der Waals surface area contributed by atoms with Crippen molar-refractivity contribution >= 4 is 0 Å². The first-order chi connectivity index (χ1) is 9.29. The topological polar surface area (TPSA) is 38.5 Å². The van der Waals surface area contributed by atoms with Gasteiger partial charge in [0.25, 0.3) is 0 Å². The van der Waals surface area contributed by atoms with Gasteiger partial charge in [-0.25, -0.2) is 0 Å². The highest BCUT2D eigenvalue weighted by Gasteiger charge is 2.39. The molecule has 1 saturated carbocycles. The third kappa shape index (κ3) is 2.83. The lowest BCUT2D eigenvalue weighted by Gasteiger charge is -2.40. The van der Waals surface area contributed by atoms with E-state index in [1.807, 2.05) is 0 Å². The number of ether oxygens (including phenoxy) is 1. The average molecular weight is 260 g/mol. The van der Waals surface area contributed by atoms with Crippen LogP contribution in [0, 0.1) is 0 Å². The Labute approximate surface area is 115 Å². The summed E-state index contributed by atoms with van der Waals surface area (Å²) in [5.74, 6) is 0. The van der Waals surface area contributed by atoms with Gasteiger partial charge in [0.1, 0.15) is 0 Å². The third-order valence-electron chi connectivity index (χ3n) is 4.36. The van der Waals surface area contributed by atoms with E-state index >= 15 is 0 Å². The van der Waals surface area contributed by atoms with Crippen molar-refractivity contribution < 1.29 is 4.74 Å². The maximum atomic E-state index is 6.40. The van der Waals surface area contributed by atoms with Crippen molar-refractivity contribution in [2.24, 2.45) is 5.73 Å². The van der Waals surface area contributed by atoms with E-state index < -0.39 is 0 Å². The summed E-state index contributed by atoms with van der Waals surface area (Å²) in [5, 5.41) is 0. The standard InChI is InChI=1S/C16H24N2O/c1-19-11-12-4-6-13(7-5-12)16-15(17)3-2-10-18(16)14-8-9-14/h4-7,14-16H,2-3,8-11,17H2,1H3. The van der Waals surface area contributed by atoms with Crippen molar-refractivity contribution in [2.75, 3.05) is 13.7 Å². The molecule has 0 bridgehead atoms. The molecule has 3 rings (SSSR count). The molecule has 1 aliphatic heterocycles. The summed E-state index contributed by atoms with van der Waals surface area (Å²) in [6.45, 7) is 1.90. The zero-order valence-corrected chi connectivity index (χ0v) is 11.7. The van der Waals surface area contributed by atoms with E-state index in [9.17, 15) is 0 Å². The van der Waals surface area contributed by atoms with Gasteiger partial charge in [0, 0.05) is 19.2 Å². The number of nitrogens with two attached hydrogens (primary N) is 1. The predicted octanol–water partition coefficient (Wildman–Crippen LogP) is 2.46. The Hall–Kier alpha value is -0.900. The van der Waals surface area contributed by atoms with Crippen LogP contribution in [0.15, 0.2) is 24.3 Å². The van der Waals surface area contributed by atoms with Gasteiger partial charge < -0.3 is 10.5 Å². The van der Waals surface area contributed by atoms with Crippen molar-refractivity contribution in [2.45, 2.75) is 50.4 Å². The highest BCUT2D eigenvalue weighted by molar-refractivity contribution is 5.27. The zero-order chi connectivity index (χ0) is 13.2. The molecule has 3 nitrogen and oxygen atoms in total. The van der Waals surface area contributed by atoms with E-state index in [0.29, 0.717) is 12.6 Å². The van der Waals surface area contributed by atoms with Gasteiger partial charge in [-0.1, -0.05) is 24.3 Å². The van der Waals surface area contributed by atoms with Crippen molar-refractivity contribution in [1.29, 1.82) is 0 Å². The SMILES string of the molecule is COCc1ccc(C2C(N)CCCN2C2CC2)cc1. The number of methoxy groups -OCH3 is 1. The monoisotopic (exact) mass is 260 g/mol. The van der Waals surface area contributed by atoms with Crippen LogP contribution >= 0.6 is 0 Å². The number of piperidine rings is 1. The largest absolute Gasteiger partial charge is 0.380 e. The quantitative estimate of drug-likeness (QED) is 0.904. The molecule has 2 unspecified atom stereocenters. The third-order valence-corrected chi connectivity index (χ3v) is 4.36. The van der Waals surface area contributed by atoms with Crippen LogP contribution in [-0.4, -0.2) is 30.6 Å². The second-order valence-corrected chi connectivity index (χ2v) is 5.89. The molecule has 1 aliphatic carbocycles. The molecule has 1 aromatic rings. The Morgan fingerprint density at radius 2 is 1.95 bits per heavy atom. The Morgan fingerprint density at radius 1 is 1.21 bits per heavy atom. The molecule has 1 heterocycles. The first kappa shape index (κ1) is 13.1. The van der Waals surface area contributed by atoms with E-state index in [1.54, 1.807) is 7.11 Å². The number of rotatable bonds is 4. The Morgan fingerprint density at radius 3 is 2.58 bits per heavy atom. The van der Waals surface area contributed by atoms with Gasteiger partial charge in [-0.2, -0.15) is 0 Å². The van der Waals surface area contributed by atoms with Gasteiger partial charge in [-0.3, -0.25) is 4.90 Å². The van der Waals surface area contributed by atoms with Crippen LogP contribution in [0.1, 0.15) is 42.9 Å². The molecule has 2 aliphatic rings. The summed E-state index contributed by atoms with van der Waals surface area (Å²) < 4.78 is 5.17. The minimum atomic E-state index is 0.280. The molecule has 2 fully saturated rings. The number of benzene rings is 1. The molecular weight excluding hydrogens is 236 g/mol. The molecule has 0 spiro atoms. The fourth-order valence-corrected chi connectivity index (χ4v) is 3.28. The summed E-state index contributed by atoms with van der Waals surface area (Å²) in [7, 11) is 1.74. The fourth-order valence-electron chi connectivity index (χ4n) is 3.28. The molecule has 0 amide bonds. The van der Waals surface area contributed by atoms with Crippen LogP contribution in [0.3, 0.4) is 0 Å². The van der Waals surface area contributed by atoms with E-state index in [1.165, 1.54) is 36.9 Å². The molecule has 0 radical (unpaired) electrons. The summed E-state index contributed by atoms with van der Waals surface area (Å²) in [4.78, 5) is 2.64. The van der Waals surface area contributed by atoms with Crippen LogP contribution < -0.4 is 5.73 Å². The van der Waals surface area contributed by atoms with Crippen molar-refractivity contribution in [1.82, 2.24) is 4.90 Å². The Balaban J connectivity index is 1.80. The van der Waals surface area contributed by atoms with Crippen molar-refractivity contribution in [3.8, 4) is 0 Å². The molecule has 104 valence electrons. The lowest BCUT2D eigenvalue weighted by atomic mass is 9.90. The smallest absolute Gasteiger partial charge is 0.0713 e. The number of nitrogens with zero attached hydrogens (tertiary/aromatic N) is 1. The van der Waals surface area contributed by atoms with E-state index in [-0.39, 0.29) is 6.04 Å². The molecule has 19 heavy (non-hydrogen) atoms. The molecular formula is C16H24N2O. The van der Waals surface area contributed by atoms with Gasteiger partial charge in [0.15, 0.2) is 0 Å². The zero-order valence-electron chi connectivity index (χ0n) is 11.7. The molecule has 1 saturated heterocycles. The van der Waals surface area contributed by atoms with Gasteiger partial charge in [0.2, 0.25) is 0 Å². The summed E-state index contributed by atoms with van der Waals surface area (Å²) in [6.07, 6.45) is 5.10. The van der Waals surface area contributed by atoms with Gasteiger partial charge in [-0.15, -0.1) is 0 Å². The van der Waals surface area contributed by atoms with Gasteiger partial charge >= 0.3 is 0 Å². The van der Waals surface area contributed by atoms with Crippen LogP contribution in [0.25, 0.3) is 0 Å². The minimum absolute atomic E-state index is 0.280. The second-order valence-electron chi connectivity index (χ2n) is 5.89. The lowest BCUT2D eigenvalue weighted by Crippen LogP contribution is -2.46. The van der Waals surface area contributed by atoms with Crippen LogP contribution in [0.4, 0.5) is 0 Å². The highest BCUT2D eigenvalue weighted by Crippen LogP contribution is 2.39. The first-order valence-corrected chi connectivity index (χ1v) is 7.38. The van der Waals surface area contributed by atoms with Crippen LogP contribution in [0.2, 0.25) is 0 Å². The summed E-state index contributed by atoms with van der Waals surface area (Å²) in [5.41, 5.74) is 9.00. The minimum Gasteiger partial charge on any atom is -0.380 e. The highest BCUT2D eigenvalue weighted by atomic mass is 16.5. The van der Waals surface area contributed by atoms with Gasteiger partial charge in [0.05, 0.1) is 12.6 Å². The number of hydrogen-bond donors (Lipinski definition) is 1. The molecule has 0 aromatic heterocycles. The number of likely N-dealkylation sites (tertiary alicyclic amines) is 1. The first-order valence-electron chi connectivity index (χ1n) is 7.38. The van der Waals surface area contributed by atoms with Crippen molar-refractivity contribution in [3.05, 3.63) is 35.4 Å². The van der Waals surface area contributed by atoms with Crippen LogP contribution in [0.5, 0.6) is 0 Å². The second kappa shape index (κ2) is 5.61. The fraction of sp³-hybridized carbons (Fsp3) is 0.625. The number of hydrogen-bond acceptors (Lipinski definition) is 3. The van der Waals surface area contributed by atoms with E-state index in [0.717, 1.165) is 12.5 Å². The van der Waals surface area contributed by atoms with Crippen LogP contribution in [-0.2, 0) is 11.3 Å². The van der Waals surface area contributed by atoms with Crippen molar-refractivity contribution in [3.63, 3.8) is 0 Å². The van der Waals surface area contributed by atoms with E-state index in [4.69, 9.17) is 10.5 Å². The predicted molar refractivity (Wildman–Crippen MR) is 76.8 cm³/mol. The normalized spacial score (nSPS) is 28.5. The maximum absolute atomic E-state index is 6.40. The average Bonchev–Trinajstić information content (AvgIpc) is 3.24. The molecule has 3 heteroatoms. The molecule has 2 N–H and O–H groups in total.